The predicted octanol–water partition coefficient (Wildman–Crippen LogP) is 24.6. The number of ether oxygens (including phenoxy) is 3. The summed E-state index contributed by atoms with van der Waals surface area (Å²) in [6.07, 6.45) is 96.8. The van der Waals surface area contributed by atoms with Crippen LogP contribution in [0, 0.1) is 0 Å². The molecular weight excluding hydrogens is 1020 g/mol. The van der Waals surface area contributed by atoms with Crippen LogP contribution >= 0.6 is 0 Å². The first-order valence-corrected chi connectivity index (χ1v) is 35.4. The summed E-state index contributed by atoms with van der Waals surface area (Å²) in [5.41, 5.74) is 0. The number of rotatable bonds is 64. The quantitative estimate of drug-likeness (QED) is 0.0261. The molecule has 0 saturated carbocycles. The molecule has 1 unspecified atom stereocenters. The highest BCUT2D eigenvalue weighted by Gasteiger charge is 2.19. The third kappa shape index (κ3) is 68.7. The van der Waals surface area contributed by atoms with E-state index >= 15 is 0 Å². The second-order valence-corrected chi connectivity index (χ2v) is 23.4. The highest BCUT2D eigenvalue weighted by atomic mass is 16.6. The SMILES string of the molecule is CC/C=C\C/C=C\C/C=C\C/C=C\C/C=C\C/C=C\CCCCCCCCCCC(=O)OCC(COC(=O)CCCCCCCCC/C=C\C/C=C\C/C=C\CC)OC(=O)CCCCCCCCCCCCCCCCCCCCCCC. The highest BCUT2D eigenvalue weighted by molar-refractivity contribution is 5.71. The summed E-state index contributed by atoms with van der Waals surface area (Å²) in [4.78, 5) is 38.5. The first-order valence-electron chi connectivity index (χ1n) is 35.4. The van der Waals surface area contributed by atoms with Crippen molar-refractivity contribution in [1.82, 2.24) is 0 Å². The van der Waals surface area contributed by atoms with Crippen LogP contribution < -0.4 is 0 Å². The van der Waals surface area contributed by atoms with Crippen LogP contribution in [-0.2, 0) is 28.6 Å². The number of allylic oxidation sites excluding steroid dienone is 18. The van der Waals surface area contributed by atoms with Crippen molar-refractivity contribution in [3.05, 3.63) is 109 Å². The van der Waals surface area contributed by atoms with Crippen LogP contribution in [0.1, 0.15) is 342 Å². The lowest BCUT2D eigenvalue weighted by atomic mass is 10.0. The van der Waals surface area contributed by atoms with E-state index in [0.717, 1.165) is 128 Å². The third-order valence-electron chi connectivity index (χ3n) is 15.3. The number of carbonyl (C=O) groups is 3. The maximum atomic E-state index is 13.0. The fourth-order valence-electron chi connectivity index (χ4n) is 10.1. The van der Waals surface area contributed by atoms with E-state index in [2.05, 4.69) is 130 Å². The molecule has 1 atom stereocenters. The van der Waals surface area contributed by atoms with Crippen LogP contribution in [-0.4, -0.2) is 37.2 Å². The van der Waals surface area contributed by atoms with E-state index in [1.54, 1.807) is 0 Å². The number of hydrogen-bond donors (Lipinski definition) is 0. The second-order valence-electron chi connectivity index (χ2n) is 23.4. The average molecular weight is 1150 g/mol. The molecule has 0 fully saturated rings. The van der Waals surface area contributed by atoms with E-state index in [1.807, 2.05) is 0 Å². The van der Waals surface area contributed by atoms with E-state index in [-0.39, 0.29) is 31.1 Å². The maximum Gasteiger partial charge on any atom is 0.306 e. The Labute approximate surface area is 514 Å². The summed E-state index contributed by atoms with van der Waals surface area (Å²) in [5, 5.41) is 0. The van der Waals surface area contributed by atoms with Crippen LogP contribution in [0.4, 0.5) is 0 Å². The zero-order valence-corrected chi connectivity index (χ0v) is 54.7. The molecule has 0 heterocycles. The minimum atomic E-state index is -0.788. The Bertz CT molecular complexity index is 1660. The van der Waals surface area contributed by atoms with E-state index in [0.29, 0.717) is 19.3 Å². The van der Waals surface area contributed by atoms with Gasteiger partial charge in [0.15, 0.2) is 6.10 Å². The molecule has 0 aromatic heterocycles. The number of unbranched alkanes of at least 4 members (excludes halogenated alkanes) is 35. The summed E-state index contributed by atoms with van der Waals surface area (Å²) in [5.74, 6) is -0.884. The van der Waals surface area contributed by atoms with Gasteiger partial charge < -0.3 is 14.2 Å². The van der Waals surface area contributed by atoms with Crippen molar-refractivity contribution in [1.29, 1.82) is 0 Å². The van der Waals surface area contributed by atoms with Gasteiger partial charge in [-0.1, -0.05) is 329 Å². The van der Waals surface area contributed by atoms with Gasteiger partial charge in [0.05, 0.1) is 0 Å². The molecule has 0 bridgehead atoms. The average Bonchev–Trinajstić information content (AvgIpc) is 3.49. The molecule has 0 spiro atoms. The standard InChI is InChI=1S/C77H132O6/c1-4-7-10-13-16-19-22-25-28-31-33-35-36-37-38-39-40-42-43-46-49-52-55-58-61-64-67-70-76(79)82-73-74(72-81-75(78)69-66-63-60-57-54-51-48-45-30-27-24-21-18-15-12-9-6-3)83-77(80)71-68-65-62-59-56-53-50-47-44-41-34-32-29-26-23-20-17-14-11-8-5-2/h7,9-10,12,16,18-19,21,25,27-28,30,33,35,37-38,40,42,74H,4-6,8,11,13-15,17,20,22-24,26,29,31-32,34,36,39,41,43-73H2,1-3H3/b10-7-,12-9-,19-16-,21-18-,28-25-,30-27-,35-33-,38-37-,42-40-. The van der Waals surface area contributed by atoms with Crippen molar-refractivity contribution in [3.8, 4) is 0 Å². The lowest BCUT2D eigenvalue weighted by Crippen LogP contribution is -2.30. The Morgan fingerprint density at radius 1 is 0.253 bits per heavy atom. The van der Waals surface area contributed by atoms with E-state index in [9.17, 15) is 14.4 Å². The Morgan fingerprint density at radius 2 is 0.470 bits per heavy atom. The van der Waals surface area contributed by atoms with Gasteiger partial charge in [-0.05, 0) is 103 Å². The Balaban J connectivity index is 4.37. The van der Waals surface area contributed by atoms with Crippen molar-refractivity contribution in [3.63, 3.8) is 0 Å². The normalized spacial score (nSPS) is 12.8. The highest BCUT2D eigenvalue weighted by Crippen LogP contribution is 2.18. The molecule has 0 aromatic rings. The summed E-state index contributed by atoms with van der Waals surface area (Å²) >= 11 is 0. The van der Waals surface area contributed by atoms with Crippen molar-refractivity contribution < 1.29 is 28.6 Å². The molecular formula is C77H132O6. The van der Waals surface area contributed by atoms with Gasteiger partial charge in [0.2, 0.25) is 0 Å². The van der Waals surface area contributed by atoms with Crippen molar-refractivity contribution in [2.24, 2.45) is 0 Å². The van der Waals surface area contributed by atoms with Gasteiger partial charge in [-0.3, -0.25) is 14.4 Å². The number of esters is 3. The Hall–Kier alpha value is -3.93. The summed E-state index contributed by atoms with van der Waals surface area (Å²) < 4.78 is 17.0. The van der Waals surface area contributed by atoms with Crippen LogP contribution in [0.25, 0.3) is 0 Å². The second kappa shape index (κ2) is 70.6. The van der Waals surface area contributed by atoms with Crippen LogP contribution in [0.5, 0.6) is 0 Å². The Morgan fingerprint density at radius 3 is 0.735 bits per heavy atom. The largest absolute Gasteiger partial charge is 0.462 e. The third-order valence-corrected chi connectivity index (χ3v) is 15.3. The molecule has 6 heteroatoms. The molecule has 0 aliphatic heterocycles. The lowest BCUT2D eigenvalue weighted by molar-refractivity contribution is -0.167. The summed E-state index contributed by atoms with van der Waals surface area (Å²) in [7, 11) is 0. The topological polar surface area (TPSA) is 78.9 Å². The maximum absolute atomic E-state index is 13.0. The monoisotopic (exact) mass is 1150 g/mol. The fraction of sp³-hybridized carbons (Fsp3) is 0.727. The van der Waals surface area contributed by atoms with Gasteiger partial charge >= 0.3 is 17.9 Å². The minimum Gasteiger partial charge on any atom is -0.462 e. The molecule has 0 aromatic carbocycles. The Kier molecular flexibility index (Phi) is 67.2. The zero-order valence-electron chi connectivity index (χ0n) is 54.7. The molecule has 0 radical (unpaired) electrons. The zero-order chi connectivity index (χ0) is 59.9. The van der Waals surface area contributed by atoms with Crippen molar-refractivity contribution in [2.45, 2.75) is 348 Å². The van der Waals surface area contributed by atoms with Gasteiger partial charge in [0.1, 0.15) is 13.2 Å². The number of carbonyl (C=O) groups excluding carboxylic acids is 3. The molecule has 0 rings (SSSR count). The van der Waals surface area contributed by atoms with Gasteiger partial charge in [-0.25, -0.2) is 0 Å². The fourth-order valence-corrected chi connectivity index (χ4v) is 10.1. The number of hydrogen-bond acceptors (Lipinski definition) is 6. The summed E-state index contributed by atoms with van der Waals surface area (Å²) in [6, 6.07) is 0. The van der Waals surface area contributed by atoms with E-state index in [4.69, 9.17) is 14.2 Å². The van der Waals surface area contributed by atoms with Gasteiger partial charge in [-0.2, -0.15) is 0 Å². The molecule has 476 valence electrons. The molecule has 0 amide bonds. The van der Waals surface area contributed by atoms with Crippen molar-refractivity contribution >= 4 is 17.9 Å². The smallest absolute Gasteiger partial charge is 0.306 e. The predicted molar refractivity (Wildman–Crippen MR) is 362 cm³/mol. The molecule has 0 aliphatic rings. The summed E-state index contributed by atoms with van der Waals surface area (Å²) in [6.45, 7) is 6.45. The van der Waals surface area contributed by atoms with Crippen molar-refractivity contribution in [2.75, 3.05) is 13.2 Å². The van der Waals surface area contributed by atoms with Gasteiger partial charge in [-0.15, -0.1) is 0 Å². The van der Waals surface area contributed by atoms with Crippen LogP contribution in [0.3, 0.4) is 0 Å². The van der Waals surface area contributed by atoms with E-state index in [1.165, 1.54) is 173 Å². The molecule has 0 N–H and O–H groups in total. The van der Waals surface area contributed by atoms with Crippen LogP contribution in [0.2, 0.25) is 0 Å². The minimum absolute atomic E-state index is 0.0837. The first-order chi connectivity index (χ1) is 41.0. The van der Waals surface area contributed by atoms with Gasteiger partial charge in [0.25, 0.3) is 0 Å². The molecule has 0 saturated heterocycles. The molecule has 83 heavy (non-hydrogen) atoms. The van der Waals surface area contributed by atoms with Crippen LogP contribution in [0.15, 0.2) is 109 Å². The first kappa shape index (κ1) is 79.1. The van der Waals surface area contributed by atoms with Gasteiger partial charge in [0, 0.05) is 19.3 Å². The molecule has 6 nitrogen and oxygen atoms in total. The molecule has 0 aliphatic carbocycles. The lowest BCUT2D eigenvalue weighted by Gasteiger charge is -2.18. The van der Waals surface area contributed by atoms with E-state index < -0.39 is 6.10 Å².